The van der Waals surface area contributed by atoms with Crippen molar-refractivity contribution < 1.29 is 28.6 Å². The Morgan fingerprint density at radius 3 is 2.56 bits per heavy atom. The van der Waals surface area contributed by atoms with Crippen molar-refractivity contribution in [2.75, 3.05) is 0 Å². The number of allylic oxidation sites excluding steroid dienone is 1. The fourth-order valence-electron chi connectivity index (χ4n) is 9.28. The first-order chi connectivity index (χ1) is 14.9. The molecule has 3 aliphatic carbocycles. The van der Waals surface area contributed by atoms with E-state index in [9.17, 15) is 14.7 Å². The summed E-state index contributed by atoms with van der Waals surface area (Å²) in [6.07, 6.45) is 8.26. The standard InChI is InChI=1S/C26H32O6/c1-22(2)20-19(28)21(29)25(5)16(23(20,3)9-7-18(27)32-22)6-10-24(4)15(14-8-11-30-13-14)12-17-26(24,25)31-17/h7-9,11,13,15-17,19-20,28H,6,10,12H2,1-5H3/t15-,16?,17+,19+,20+,23+,24-,25-,26+/m0/s1. The molecule has 1 aromatic rings. The van der Waals surface area contributed by atoms with Crippen molar-refractivity contribution >= 4 is 11.8 Å². The van der Waals surface area contributed by atoms with Gasteiger partial charge in [0.1, 0.15) is 17.3 Å². The number of aliphatic hydroxyl groups excluding tert-OH is 1. The van der Waals surface area contributed by atoms with Crippen LogP contribution in [0.2, 0.25) is 0 Å². The molecule has 0 amide bonds. The minimum Gasteiger partial charge on any atom is -0.472 e. The molecule has 5 aliphatic rings. The molecule has 1 saturated heterocycles. The molecule has 1 aromatic heterocycles. The Hall–Kier alpha value is -1.92. The summed E-state index contributed by atoms with van der Waals surface area (Å²) in [5, 5.41) is 11.5. The first-order valence-electron chi connectivity index (χ1n) is 11.8. The number of esters is 1. The summed E-state index contributed by atoms with van der Waals surface area (Å²) in [5.74, 6) is -0.924. The van der Waals surface area contributed by atoms with Crippen LogP contribution >= 0.6 is 0 Å². The Morgan fingerprint density at radius 1 is 1.12 bits per heavy atom. The average Bonchev–Trinajstić information content (AvgIpc) is 3.11. The number of cyclic esters (lactones) is 1. The fraction of sp³-hybridized carbons (Fsp3) is 0.692. The predicted octanol–water partition coefficient (Wildman–Crippen LogP) is 3.78. The van der Waals surface area contributed by atoms with E-state index < -0.39 is 40.0 Å². The molecule has 6 rings (SSSR count). The summed E-state index contributed by atoms with van der Waals surface area (Å²) in [7, 11) is 0. The van der Waals surface area contributed by atoms with Gasteiger partial charge in [-0.1, -0.05) is 19.9 Å². The van der Waals surface area contributed by atoms with Gasteiger partial charge in [-0.3, -0.25) is 4.79 Å². The maximum atomic E-state index is 14.2. The van der Waals surface area contributed by atoms with Crippen LogP contribution in [0.3, 0.4) is 0 Å². The van der Waals surface area contributed by atoms with E-state index >= 15 is 0 Å². The van der Waals surface area contributed by atoms with Crippen LogP contribution in [0.25, 0.3) is 0 Å². The molecule has 6 heteroatoms. The smallest absolute Gasteiger partial charge is 0.330 e. The second-order valence-electron chi connectivity index (χ2n) is 11.9. The van der Waals surface area contributed by atoms with Crippen molar-refractivity contribution in [3.63, 3.8) is 0 Å². The number of rotatable bonds is 1. The number of ether oxygens (including phenoxy) is 2. The molecule has 32 heavy (non-hydrogen) atoms. The van der Waals surface area contributed by atoms with Gasteiger partial charge in [0, 0.05) is 17.4 Å². The highest BCUT2D eigenvalue weighted by Gasteiger charge is 2.87. The van der Waals surface area contributed by atoms with Crippen molar-refractivity contribution in [1.82, 2.24) is 0 Å². The average molecular weight is 441 g/mol. The molecule has 3 heterocycles. The number of hydrogen-bond donors (Lipinski definition) is 1. The van der Waals surface area contributed by atoms with Gasteiger partial charge in [-0.25, -0.2) is 4.79 Å². The molecular formula is C26H32O6. The normalized spacial score (nSPS) is 52.9. The zero-order valence-electron chi connectivity index (χ0n) is 19.4. The van der Waals surface area contributed by atoms with Gasteiger partial charge in [0.25, 0.3) is 0 Å². The Labute approximate surface area is 188 Å². The number of fused-ring (bicyclic) bond motifs is 3. The van der Waals surface area contributed by atoms with Crippen molar-refractivity contribution in [2.24, 2.45) is 28.1 Å². The summed E-state index contributed by atoms with van der Waals surface area (Å²) in [6, 6.07) is 2.02. The molecule has 172 valence electrons. The summed E-state index contributed by atoms with van der Waals surface area (Å²) < 4.78 is 17.6. The lowest BCUT2D eigenvalue weighted by Crippen LogP contribution is -2.72. The van der Waals surface area contributed by atoms with Crippen LogP contribution in [-0.4, -0.2) is 40.3 Å². The van der Waals surface area contributed by atoms with Gasteiger partial charge in [0.15, 0.2) is 5.78 Å². The molecule has 1 unspecified atom stereocenters. The second kappa shape index (κ2) is 5.76. The third-order valence-electron chi connectivity index (χ3n) is 10.4. The van der Waals surface area contributed by atoms with E-state index in [0.29, 0.717) is 0 Å². The van der Waals surface area contributed by atoms with Crippen molar-refractivity contribution in [3.05, 3.63) is 36.3 Å². The van der Waals surface area contributed by atoms with Crippen molar-refractivity contribution in [3.8, 4) is 0 Å². The number of Topliss-reactive ketones (excluding diaryl/α,β-unsaturated/α-hetero) is 1. The lowest BCUT2D eigenvalue weighted by molar-refractivity contribution is -0.216. The highest BCUT2D eigenvalue weighted by molar-refractivity contribution is 5.93. The monoisotopic (exact) mass is 440 g/mol. The highest BCUT2D eigenvalue weighted by atomic mass is 16.6. The molecule has 4 fully saturated rings. The quantitative estimate of drug-likeness (QED) is 0.528. The summed E-state index contributed by atoms with van der Waals surface area (Å²) in [4.78, 5) is 26.5. The Bertz CT molecular complexity index is 1040. The molecule has 1 N–H and O–H groups in total. The first-order valence-corrected chi connectivity index (χ1v) is 11.8. The van der Waals surface area contributed by atoms with E-state index in [2.05, 4.69) is 13.8 Å². The van der Waals surface area contributed by atoms with E-state index in [4.69, 9.17) is 13.9 Å². The van der Waals surface area contributed by atoms with Gasteiger partial charge in [-0.05, 0) is 68.9 Å². The Kier molecular flexibility index (Phi) is 3.72. The minimum absolute atomic E-state index is 0.0165. The van der Waals surface area contributed by atoms with Gasteiger partial charge in [-0.15, -0.1) is 0 Å². The number of ketones is 1. The van der Waals surface area contributed by atoms with E-state index in [0.717, 1.165) is 24.8 Å². The lowest BCUT2D eigenvalue weighted by Gasteiger charge is -2.64. The van der Waals surface area contributed by atoms with Crippen LogP contribution in [0.1, 0.15) is 65.4 Å². The number of furan rings is 1. The van der Waals surface area contributed by atoms with Crippen molar-refractivity contribution in [1.29, 1.82) is 0 Å². The molecule has 6 nitrogen and oxygen atoms in total. The van der Waals surface area contributed by atoms with E-state index in [1.165, 1.54) is 6.08 Å². The SMILES string of the molecule is CC1(C)OC(=O)C=C[C@]2(C)C3CC[C@@]4(C)[C@H](c5ccoc5)C[C@H]5O[C@]54[C@]3(C)C(=O)[C@H](O)[C@H]12. The Balaban J connectivity index is 1.52. The molecular weight excluding hydrogens is 408 g/mol. The molecule has 0 bridgehead atoms. The minimum atomic E-state index is -1.23. The fourth-order valence-corrected chi connectivity index (χ4v) is 9.28. The maximum absolute atomic E-state index is 14.2. The summed E-state index contributed by atoms with van der Waals surface area (Å²) >= 11 is 0. The number of carbonyl (C=O) groups is 2. The second-order valence-corrected chi connectivity index (χ2v) is 11.9. The molecule has 2 aliphatic heterocycles. The molecule has 0 aromatic carbocycles. The van der Waals surface area contributed by atoms with Gasteiger partial charge in [0.2, 0.25) is 0 Å². The third-order valence-corrected chi connectivity index (χ3v) is 10.4. The van der Waals surface area contributed by atoms with Crippen LogP contribution < -0.4 is 0 Å². The zero-order valence-corrected chi connectivity index (χ0v) is 19.4. The molecule has 3 saturated carbocycles. The zero-order chi connectivity index (χ0) is 22.9. The van der Waals surface area contributed by atoms with Gasteiger partial charge in [-0.2, -0.15) is 0 Å². The topological polar surface area (TPSA) is 89.3 Å². The van der Waals surface area contributed by atoms with Crippen LogP contribution in [0.4, 0.5) is 0 Å². The summed E-state index contributed by atoms with van der Waals surface area (Å²) in [5.41, 5.74) is -2.11. The number of epoxide rings is 1. The van der Waals surface area contributed by atoms with Gasteiger partial charge in [0.05, 0.1) is 24.0 Å². The molecule has 9 atom stereocenters. The van der Waals surface area contributed by atoms with Crippen LogP contribution in [0.15, 0.2) is 35.2 Å². The van der Waals surface area contributed by atoms with Crippen LogP contribution in [0, 0.1) is 28.1 Å². The third kappa shape index (κ3) is 2.02. The van der Waals surface area contributed by atoms with Crippen LogP contribution in [-0.2, 0) is 19.1 Å². The maximum Gasteiger partial charge on any atom is 0.330 e. The van der Waals surface area contributed by atoms with Crippen molar-refractivity contribution in [2.45, 2.75) is 83.2 Å². The van der Waals surface area contributed by atoms with E-state index in [1.54, 1.807) is 6.26 Å². The Morgan fingerprint density at radius 2 is 1.88 bits per heavy atom. The molecule has 1 spiro atoms. The predicted molar refractivity (Wildman–Crippen MR) is 115 cm³/mol. The van der Waals surface area contributed by atoms with E-state index in [-0.39, 0.29) is 29.1 Å². The lowest BCUT2D eigenvalue weighted by atomic mass is 9.38. The number of carbonyl (C=O) groups excluding carboxylic acids is 2. The van der Waals surface area contributed by atoms with Gasteiger partial charge >= 0.3 is 5.97 Å². The number of hydrogen-bond acceptors (Lipinski definition) is 6. The first kappa shape index (κ1) is 20.7. The number of aliphatic hydroxyl groups is 1. The summed E-state index contributed by atoms with van der Waals surface area (Å²) in [6.45, 7) is 9.99. The highest BCUT2D eigenvalue weighted by Crippen LogP contribution is 2.81. The van der Waals surface area contributed by atoms with E-state index in [1.807, 2.05) is 39.2 Å². The van der Waals surface area contributed by atoms with Gasteiger partial charge < -0.3 is 19.0 Å². The molecule has 0 radical (unpaired) electrons. The van der Waals surface area contributed by atoms with Crippen LogP contribution in [0.5, 0.6) is 0 Å². The largest absolute Gasteiger partial charge is 0.472 e.